The van der Waals surface area contributed by atoms with Gasteiger partial charge in [-0.05, 0) is 48.4 Å². The number of rotatable bonds is 7. The van der Waals surface area contributed by atoms with Gasteiger partial charge in [0.1, 0.15) is 5.82 Å². The van der Waals surface area contributed by atoms with Gasteiger partial charge in [-0.3, -0.25) is 0 Å². The molecule has 2 rings (SSSR count). The smallest absolute Gasteiger partial charge is 0.123 e. The Balaban J connectivity index is 1.98. The van der Waals surface area contributed by atoms with Crippen LogP contribution in [0.25, 0.3) is 0 Å². The van der Waals surface area contributed by atoms with E-state index in [0.29, 0.717) is 11.8 Å². The van der Waals surface area contributed by atoms with Crippen LogP contribution in [0.4, 0.5) is 4.39 Å². The first-order valence-corrected chi connectivity index (χ1v) is 8.11. The Morgan fingerprint density at radius 3 is 2.60 bits per heavy atom. The van der Waals surface area contributed by atoms with Gasteiger partial charge in [-0.25, -0.2) is 4.39 Å². The van der Waals surface area contributed by atoms with Crippen molar-refractivity contribution < 1.29 is 4.39 Å². The molecule has 2 heteroatoms. The van der Waals surface area contributed by atoms with Crippen molar-refractivity contribution >= 4 is 0 Å². The molecule has 1 N–H and O–H groups in total. The van der Waals surface area contributed by atoms with Gasteiger partial charge >= 0.3 is 0 Å². The van der Waals surface area contributed by atoms with Gasteiger partial charge in [0.05, 0.1) is 0 Å². The van der Waals surface area contributed by atoms with E-state index in [1.807, 2.05) is 6.07 Å². The Labute approximate surface area is 123 Å². The van der Waals surface area contributed by atoms with Gasteiger partial charge in [0.25, 0.3) is 0 Å². The third kappa shape index (κ3) is 4.90. The van der Waals surface area contributed by atoms with E-state index in [1.54, 1.807) is 6.07 Å². The van der Waals surface area contributed by atoms with Gasteiger partial charge in [0.15, 0.2) is 0 Å². The summed E-state index contributed by atoms with van der Waals surface area (Å²) >= 11 is 0. The highest BCUT2D eigenvalue weighted by molar-refractivity contribution is 5.21. The van der Waals surface area contributed by atoms with Gasteiger partial charge in [0.2, 0.25) is 0 Å². The first kappa shape index (κ1) is 15.5. The molecule has 1 fully saturated rings. The predicted octanol–water partition coefficient (Wildman–Crippen LogP) is 4.74. The summed E-state index contributed by atoms with van der Waals surface area (Å²) in [7, 11) is 0. The molecule has 0 heterocycles. The third-order valence-electron chi connectivity index (χ3n) is 4.36. The lowest BCUT2D eigenvalue weighted by atomic mass is 9.87. The molecule has 1 atom stereocenters. The lowest BCUT2D eigenvalue weighted by molar-refractivity contribution is 0.417. The van der Waals surface area contributed by atoms with Crippen LogP contribution >= 0.6 is 0 Å². The quantitative estimate of drug-likeness (QED) is 0.759. The highest BCUT2D eigenvalue weighted by Gasteiger charge is 2.21. The van der Waals surface area contributed by atoms with Crippen molar-refractivity contribution in [2.75, 3.05) is 13.1 Å². The van der Waals surface area contributed by atoms with Crippen molar-refractivity contribution in [3.05, 3.63) is 35.6 Å². The molecule has 1 aliphatic rings. The van der Waals surface area contributed by atoms with Gasteiger partial charge < -0.3 is 5.32 Å². The zero-order valence-electron chi connectivity index (χ0n) is 12.9. The molecule has 1 aromatic rings. The minimum absolute atomic E-state index is 0.109. The summed E-state index contributed by atoms with van der Waals surface area (Å²) in [5.74, 6) is 1.84. The van der Waals surface area contributed by atoms with Crippen LogP contribution < -0.4 is 5.32 Å². The molecule has 0 aromatic heterocycles. The van der Waals surface area contributed by atoms with E-state index in [4.69, 9.17) is 0 Å². The first-order valence-electron chi connectivity index (χ1n) is 8.11. The Hall–Kier alpha value is -0.890. The summed E-state index contributed by atoms with van der Waals surface area (Å²) in [5, 5.41) is 3.55. The van der Waals surface area contributed by atoms with Crippen molar-refractivity contribution in [1.29, 1.82) is 0 Å². The maximum atomic E-state index is 13.5. The standard InChI is InChI=1S/C18H28FN/c1-14(2)12-20-13-17(10-15-6-3-4-7-15)16-8-5-9-18(19)11-16/h5,8-9,11,14-15,17,20H,3-4,6-7,10,12-13H2,1-2H3. The molecule has 1 nitrogen and oxygen atoms in total. The Bertz CT molecular complexity index is 396. The van der Waals surface area contributed by atoms with Crippen molar-refractivity contribution in [3.8, 4) is 0 Å². The summed E-state index contributed by atoms with van der Waals surface area (Å²) in [4.78, 5) is 0. The van der Waals surface area contributed by atoms with E-state index in [2.05, 4.69) is 25.2 Å². The molecule has 20 heavy (non-hydrogen) atoms. The number of hydrogen-bond donors (Lipinski definition) is 1. The van der Waals surface area contributed by atoms with Gasteiger partial charge in [-0.15, -0.1) is 0 Å². The van der Waals surface area contributed by atoms with Crippen LogP contribution in [0.1, 0.15) is 57.4 Å². The molecule has 112 valence electrons. The highest BCUT2D eigenvalue weighted by Crippen LogP contribution is 2.34. The largest absolute Gasteiger partial charge is 0.316 e. The van der Waals surface area contributed by atoms with Crippen LogP contribution in [0.3, 0.4) is 0 Å². The molecule has 1 aromatic carbocycles. The van der Waals surface area contributed by atoms with Crippen molar-refractivity contribution in [2.45, 2.75) is 51.9 Å². The molecule has 0 amide bonds. The average molecular weight is 277 g/mol. The monoisotopic (exact) mass is 277 g/mol. The molecule has 0 bridgehead atoms. The molecule has 0 radical (unpaired) electrons. The topological polar surface area (TPSA) is 12.0 Å². The Morgan fingerprint density at radius 2 is 1.95 bits per heavy atom. The van der Waals surface area contributed by atoms with Gasteiger partial charge in [-0.2, -0.15) is 0 Å². The van der Waals surface area contributed by atoms with E-state index in [0.717, 1.165) is 24.6 Å². The first-order chi connectivity index (χ1) is 9.65. The molecule has 0 saturated heterocycles. The number of nitrogens with one attached hydrogen (secondary N) is 1. The van der Waals surface area contributed by atoms with Crippen LogP contribution in [0.5, 0.6) is 0 Å². The van der Waals surface area contributed by atoms with Crippen LogP contribution in [0.2, 0.25) is 0 Å². The second-order valence-corrected chi connectivity index (χ2v) is 6.69. The van der Waals surface area contributed by atoms with Crippen molar-refractivity contribution in [3.63, 3.8) is 0 Å². The normalized spacial score (nSPS) is 17.8. The van der Waals surface area contributed by atoms with Crippen molar-refractivity contribution in [2.24, 2.45) is 11.8 Å². The van der Waals surface area contributed by atoms with Crippen LogP contribution in [0.15, 0.2) is 24.3 Å². The van der Waals surface area contributed by atoms with Crippen LogP contribution in [0, 0.1) is 17.7 Å². The fourth-order valence-corrected chi connectivity index (χ4v) is 3.29. The van der Waals surface area contributed by atoms with E-state index >= 15 is 0 Å². The van der Waals surface area contributed by atoms with E-state index in [1.165, 1.54) is 38.2 Å². The van der Waals surface area contributed by atoms with Crippen molar-refractivity contribution in [1.82, 2.24) is 5.32 Å². The van der Waals surface area contributed by atoms with Crippen LogP contribution in [-0.4, -0.2) is 13.1 Å². The second-order valence-electron chi connectivity index (χ2n) is 6.69. The maximum Gasteiger partial charge on any atom is 0.123 e. The molecular weight excluding hydrogens is 249 g/mol. The minimum Gasteiger partial charge on any atom is -0.316 e. The number of halogens is 1. The third-order valence-corrected chi connectivity index (χ3v) is 4.36. The predicted molar refractivity (Wildman–Crippen MR) is 83.4 cm³/mol. The Kier molecular flexibility index (Phi) is 6.03. The minimum atomic E-state index is -0.109. The van der Waals surface area contributed by atoms with Gasteiger partial charge in [-0.1, -0.05) is 51.7 Å². The molecule has 0 spiro atoms. The van der Waals surface area contributed by atoms with Gasteiger partial charge in [0, 0.05) is 6.54 Å². The van der Waals surface area contributed by atoms with Crippen LogP contribution in [-0.2, 0) is 0 Å². The highest BCUT2D eigenvalue weighted by atomic mass is 19.1. The molecule has 1 unspecified atom stereocenters. The lowest BCUT2D eigenvalue weighted by Crippen LogP contribution is -2.26. The maximum absolute atomic E-state index is 13.5. The summed E-state index contributed by atoms with van der Waals surface area (Å²) in [6.45, 7) is 6.46. The zero-order chi connectivity index (χ0) is 14.4. The summed E-state index contributed by atoms with van der Waals surface area (Å²) < 4.78 is 13.5. The molecule has 1 aliphatic carbocycles. The Morgan fingerprint density at radius 1 is 1.20 bits per heavy atom. The molecule has 1 saturated carbocycles. The van der Waals surface area contributed by atoms with E-state index in [9.17, 15) is 4.39 Å². The SMILES string of the molecule is CC(C)CNCC(CC1CCCC1)c1cccc(F)c1. The fraction of sp³-hybridized carbons (Fsp3) is 0.667. The number of benzene rings is 1. The second kappa shape index (κ2) is 7.78. The van der Waals surface area contributed by atoms with E-state index < -0.39 is 0 Å². The fourth-order valence-electron chi connectivity index (χ4n) is 3.29. The van der Waals surface area contributed by atoms with E-state index in [-0.39, 0.29) is 5.82 Å². The molecule has 0 aliphatic heterocycles. The summed E-state index contributed by atoms with van der Waals surface area (Å²) in [6, 6.07) is 7.18. The zero-order valence-corrected chi connectivity index (χ0v) is 12.9. The average Bonchev–Trinajstić information content (AvgIpc) is 2.90. The number of hydrogen-bond acceptors (Lipinski definition) is 1. The lowest BCUT2D eigenvalue weighted by Gasteiger charge is -2.22. The molecular formula is C18H28FN. The summed E-state index contributed by atoms with van der Waals surface area (Å²) in [5.41, 5.74) is 1.16. The summed E-state index contributed by atoms with van der Waals surface area (Å²) in [6.07, 6.45) is 6.67.